The van der Waals surface area contributed by atoms with Crippen molar-refractivity contribution in [1.29, 1.82) is 0 Å². The van der Waals surface area contributed by atoms with Crippen molar-refractivity contribution in [1.82, 2.24) is 9.21 Å². The van der Waals surface area contributed by atoms with E-state index in [1.54, 1.807) is 4.31 Å². The molecule has 1 heterocycles. The largest absolute Gasteiger partial charge is 0.329 e. The molecular weight excluding hydrogens is 274 g/mol. The summed E-state index contributed by atoms with van der Waals surface area (Å²) in [5, 5.41) is 0. The first kappa shape index (κ1) is 17.9. The van der Waals surface area contributed by atoms with Crippen LogP contribution in [0, 0.1) is 5.92 Å². The van der Waals surface area contributed by atoms with E-state index in [9.17, 15) is 8.42 Å². The van der Waals surface area contributed by atoms with Crippen molar-refractivity contribution < 1.29 is 8.42 Å². The smallest absolute Gasteiger partial charge is 0.211 e. The molecule has 5 nitrogen and oxygen atoms in total. The van der Waals surface area contributed by atoms with Gasteiger partial charge in [-0.15, -0.1) is 0 Å². The second kappa shape index (κ2) is 7.20. The van der Waals surface area contributed by atoms with Crippen LogP contribution in [0.2, 0.25) is 0 Å². The summed E-state index contributed by atoms with van der Waals surface area (Å²) in [5.41, 5.74) is 6.03. The maximum absolute atomic E-state index is 11.7. The number of hydrogen-bond donors (Lipinski definition) is 1. The van der Waals surface area contributed by atoms with Crippen LogP contribution in [-0.4, -0.2) is 62.6 Å². The van der Waals surface area contributed by atoms with Crippen molar-refractivity contribution in [2.75, 3.05) is 39.5 Å². The Morgan fingerprint density at radius 1 is 1.35 bits per heavy atom. The monoisotopic (exact) mass is 305 g/mol. The summed E-state index contributed by atoms with van der Waals surface area (Å²) in [4.78, 5) is 2.35. The summed E-state index contributed by atoms with van der Waals surface area (Å²) < 4.78 is 25.0. The van der Waals surface area contributed by atoms with Crippen LogP contribution in [0.1, 0.15) is 39.5 Å². The molecule has 0 amide bonds. The van der Waals surface area contributed by atoms with Gasteiger partial charge in [-0.2, -0.15) is 0 Å². The molecule has 1 rings (SSSR count). The topological polar surface area (TPSA) is 66.6 Å². The first-order valence-electron chi connectivity index (χ1n) is 7.65. The highest BCUT2D eigenvalue weighted by molar-refractivity contribution is 7.88. The van der Waals surface area contributed by atoms with Crippen molar-refractivity contribution in [3.8, 4) is 0 Å². The van der Waals surface area contributed by atoms with Gasteiger partial charge in [0.15, 0.2) is 0 Å². The maximum atomic E-state index is 11.7. The van der Waals surface area contributed by atoms with Gasteiger partial charge in [0.1, 0.15) is 0 Å². The van der Waals surface area contributed by atoms with E-state index >= 15 is 0 Å². The number of nitrogens with two attached hydrogens (primary N) is 1. The second-order valence-electron chi connectivity index (χ2n) is 6.15. The van der Waals surface area contributed by atoms with E-state index in [0.717, 1.165) is 32.2 Å². The highest BCUT2D eigenvalue weighted by Crippen LogP contribution is 2.26. The van der Waals surface area contributed by atoms with E-state index in [0.29, 0.717) is 25.6 Å². The molecule has 6 heteroatoms. The number of piperidine rings is 1. The molecule has 1 unspecified atom stereocenters. The number of rotatable bonds is 7. The SMILES string of the molecule is CCC(CC)(CN)N(C)CC1CCCN(S(C)(=O)=O)C1. The van der Waals surface area contributed by atoms with E-state index < -0.39 is 10.0 Å². The molecule has 1 atom stereocenters. The minimum Gasteiger partial charge on any atom is -0.329 e. The Morgan fingerprint density at radius 2 is 1.95 bits per heavy atom. The van der Waals surface area contributed by atoms with Gasteiger partial charge < -0.3 is 5.73 Å². The van der Waals surface area contributed by atoms with E-state index in [-0.39, 0.29) is 5.54 Å². The lowest BCUT2D eigenvalue weighted by molar-refractivity contribution is 0.0825. The van der Waals surface area contributed by atoms with Crippen molar-refractivity contribution in [2.45, 2.75) is 45.1 Å². The van der Waals surface area contributed by atoms with E-state index in [1.807, 2.05) is 0 Å². The molecule has 0 radical (unpaired) electrons. The van der Waals surface area contributed by atoms with Crippen molar-refractivity contribution in [3.05, 3.63) is 0 Å². The minimum atomic E-state index is -3.06. The molecule has 120 valence electrons. The molecule has 0 aromatic carbocycles. The predicted molar refractivity (Wildman–Crippen MR) is 84.1 cm³/mol. The van der Waals surface area contributed by atoms with Crippen LogP contribution in [0.4, 0.5) is 0 Å². The zero-order chi connectivity index (χ0) is 15.4. The van der Waals surface area contributed by atoms with Crippen LogP contribution in [0.3, 0.4) is 0 Å². The zero-order valence-electron chi connectivity index (χ0n) is 13.4. The zero-order valence-corrected chi connectivity index (χ0v) is 14.2. The third kappa shape index (κ3) is 4.16. The molecular formula is C14H31N3O2S. The Balaban J connectivity index is 2.68. The standard InChI is InChI=1S/C14H31N3O2S/c1-5-14(6-2,12-15)16(3)10-13-8-7-9-17(11-13)20(4,18)19/h13H,5-12,15H2,1-4H3. The Morgan fingerprint density at radius 3 is 2.40 bits per heavy atom. The Kier molecular flexibility index (Phi) is 6.44. The number of sulfonamides is 1. The predicted octanol–water partition coefficient (Wildman–Crippen LogP) is 1.11. The van der Waals surface area contributed by atoms with Crippen LogP contribution >= 0.6 is 0 Å². The molecule has 0 spiro atoms. The molecule has 0 saturated carbocycles. The summed E-state index contributed by atoms with van der Waals surface area (Å²) in [6, 6.07) is 0. The first-order valence-corrected chi connectivity index (χ1v) is 9.50. The van der Waals surface area contributed by atoms with Gasteiger partial charge in [-0.3, -0.25) is 4.90 Å². The average Bonchev–Trinajstić information content (AvgIpc) is 2.41. The number of hydrogen-bond acceptors (Lipinski definition) is 4. The van der Waals surface area contributed by atoms with Crippen molar-refractivity contribution in [3.63, 3.8) is 0 Å². The van der Waals surface area contributed by atoms with Gasteiger partial charge in [0.2, 0.25) is 10.0 Å². The molecule has 0 aromatic rings. The van der Waals surface area contributed by atoms with E-state index in [4.69, 9.17) is 5.73 Å². The highest BCUT2D eigenvalue weighted by Gasteiger charge is 2.33. The number of nitrogens with zero attached hydrogens (tertiary/aromatic N) is 2. The van der Waals surface area contributed by atoms with Crippen LogP contribution < -0.4 is 5.73 Å². The lowest BCUT2D eigenvalue weighted by Gasteiger charge is -2.43. The second-order valence-corrected chi connectivity index (χ2v) is 8.13. The van der Waals surface area contributed by atoms with Gasteiger partial charge in [-0.05, 0) is 38.6 Å². The van der Waals surface area contributed by atoms with Crippen LogP contribution in [-0.2, 0) is 10.0 Å². The van der Waals surface area contributed by atoms with Crippen LogP contribution in [0.25, 0.3) is 0 Å². The molecule has 0 aliphatic carbocycles. The lowest BCUT2D eigenvalue weighted by Crippen LogP contribution is -2.54. The van der Waals surface area contributed by atoms with Crippen molar-refractivity contribution in [2.24, 2.45) is 11.7 Å². The Labute approximate surface area is 124 Å². The van der Waals surface area contributed by atoms with Crippen molar-refractivity contribution >= 4 is 10.0 Å². The van der Waals surface area contributed by atoms with Crippen LogP contribution in [0.15, 0.2) is 0 Å². The average molecular weight is 305 g/mol. The maximum Gasteiger partial charge on any atom is 0.211 e. The molecule has 1 aliphatic heterocycles. The Bertz CT molecular complexity index is 385. The fourth-order valence-electron chi connectivity index (χ4n) is 3.29. The highest BCUT2D eigenvalue weighted by atomic mass is 32.2. The molecule has 0 aromatic heterocycles. The normalized spacial score (nSPS) is 22.4. The lowest BCUT2D eigenvalue weighted by atomic mass is 9.89. The van der Waals surface area contributed by atoms with Gasteiger partial charge in [-0.1, -0.05) is 13.8 Å². The van der Waals surface area contributed by atoms with E-state index in [1.165, 1.54) is 6.26 Å². The third-order valence-electron chi connectivity index (χ3n) is 4.99. The fraction of sp³-hybridized carbons (Fsp3) is 1.00. The molecule has 0 bridgehead atoms. The van der Waals surface area contributed by atoms with Crippen LogP contribution in [0.5, 0.6) is 0 Å². The quantitative estimate of drug-likeness (QED) is 0.765. The molecule has 2 N–H and O–H groups in total. The van der Waals surface area contributed by atoms with Gasteiger partial charge >= 0.3 is 0 Å². The molecule has 1 fully saturated rings. The number of likely N-dealkylation sites (N-methyl/N-ethyl adjacent to an activating group) is 1. The first-order chi connectivity index (χ1) is 9.29. The van der Waals surface area contributed by atoms with Gasteiger partial charge in [0.05, 0.1) is 6.26 Å². The summed E-state index contributed by atoms with van der Waals surface area (Å²) in [5.74, 6) is 0.410. The Hall–Kier alpha value is -0.170. The fourth-order valence-corrected chi connectivity index (χ4v) is 4.23. The van der Waals surface area contributed by atoms with Gasteiger partial charge in [-0.25, -0.2) is 12.7 Å². The summed E-state index contributed by atoms with van der Waals surface area (Å²) in [6.07, 6.45) is 5.42. The summed E-state index contributed by atoms with van der Waals surface area (Å²) >= 11 is 0. The molecule has 20 heavy (non-hydrogen) atoms. The van der Waals surface area contributed by atoms with Gasteiger partial charge in [0, 0.05) is 31.7 Å². The minimum absolute atomic E-state index is 0.0490. The molecule has 1 aliphatic rings. The summed E-state index contributed by atoms with van der Waals surface area (Å²) in [7, 11) is -0.932. The third-order valence-corrected chi connectivity index (χ3v) is 6.26. The van der Waals surface area contributed by atoms with E-state index in [2.05, 4.69) is 25.8 Å². The van der Waals surface area contributed by atoms with Gasteiger partial charge in [0.25, 0.3) is 0 Å². The summed E-state index contributed by atoms with van der Waals surface area (Å²) in [6.45, 7) is 7.25. The molecule has 1 saturated heterocycles.